The van der Waals surface area contributed by atoms with Crippen LogP contribution in [0.4, 0.5) is 4.39 Å². The van der Waals surface area contributed by atoms with Crippen LogP contribution in [0.1, 0.15) is 37.8 Å². The Bertz CT molecular complexity index is 320. The highest BCUT2D eigenvalue weighted by Gasteiger charge is 2.12. The number of methoxy groups -OCH3 is 1. The van der Waals surface area contributed by atoms with Crippen molar-refractivity contribution < 1.29 is 9.13 Å². The first-order valence-electron chi connectivity index (χ1n) is 5.28. The third kappa shape index (κ3) is 3.99. The molecule has 16 heavy (non-hydrogen) atoms. The van der Waals surface area contributed by atoms with Crippen LogP contribution in [-0.2, 0) is 0 Å². The average molecular weight is 248 g/mol. The van der Waals surface area contributed by atoms with Crippen LogP contribution in [0.2, 0.25) is 0 Å². The van der Waals surface area contributed by atoms with E-state index in [1.807, 2.05) is 0 Å². The number of ether oxygens (including phenoxy) is 1. The molecule has 0 aliphatic rings. The van der Waals surface area contributed by atoms with Gasteiger partial charge in [0, 0.05) is 11.6 Å². The highest BCUT2D eigenvalue weighted by molar-refractivity contribution is 5.85. The summed E-state index contributed by atoms with van der Waals surface area (Å²) in [5, 5.41) is 0. The molecule has 0 saturated heterocycles. The van der Waals surface area contributed by atoms with E-state index in [9.17, 15) is 4.39 Å². The number of nitrogens with two attached hydrogens (primary N) is 1. The molecule has 0 heterocycles. The lowest BCUT2D eigenvalue weighted by atomic mass is 10.0. The zero-order valence-electron chi connectivity index (χ0n) is 9.70. The highest BCUT2D eigenvalue weighted by Crippen LogP contribution is 2.27. The monoisotopic (exact) mass is 247 g/mol. The molecule has 0 amide bonds. The molecule has 92 valence electrons. The Kier molecular flexibility index (Phi) is 7.10. The topological polar surface area (TPSA) is 35.2 Å². The molecule has 0 fully saturated rings. The smallest absolute Gasteiger partial charge is 0.123 e. The number of hydrogen-bond acceptors (Lipinski definition) is 2. The van der Waals surface area contributed by atoms with Gasteiger partial charge in [0.2, 0.25) is 0 Å². The fourth-order valence-corrected chi connectivity index (χ4v) is 1.57. The van der Waals surface area contributed by atoms with E-state index in [0.717, 1.165) is 24.8 Å². The van der Waals surface area contributed by atoms with Gasteiger partial charge in [-0.25, -0.2) is 4.39 Å². The SMILES string of the molecule is CCCC[C@H](N)c1cc(F)ccc1OC.Cl. The zero-order chi connectivity index (χ0) is 11.3. The molecule has 0 aliphatic carbocycles. The lowest BCUT2D eigenvalue weighted by Crippen LogP contribution is -2.11. The van der Waals surface area contributed by atoms with Gasteiger partial charge in [0.25, 0.3) is 0 Å². The fourth-order valence-electron chi connectivity index (χ4n) is 1.57. The van der Waals surface area contributed by atoms with Crippen LogP contribution in [0.15, 0.2) is 18.2 Å². The summed E-state index contributed by atoms with van der Waals surface area (Å²) in [5.41, 5.74) is 6.74. The molecule has 0 bridgehead atoms. The van der Waals surface area contributed by atoms with Gasteiger partial charge in [-0.1, -0.05) is 19.8 Å². The van der Waals surface area contributed by atoms with Crippen molar-refractivity contribution in [3.05, 3.63) is 29.6 Å². The molecule has 1 rings (SSSR count). The zero-order valence-corrected chi connectivity index (χ0v) is 10.5. The van der Waals surface area contributed by atoms with Crippen molar-refractivity contribution in [1.29, 1.82) is 0 Å². The number of unbranched alkanes of at least 4 members (excludes halogenated alkanes) is 1. The van der Waals surface area contributed by atoms with Crippen molar-refractivity contribution in [3.8, 4) is 5.75 Å². The van der Waals surface area contributed by atoms with E-state index >= 15 is 0 Å². The number of halogens is 2. The Hall–Kier alpha value is -0.800. The molecule has 0 aromatic heterocycles. The summed E-state index contributed by atoms with van der Waals surface area (Å²) < 4.78 is 18.2. The maximum absolute atomic E-state index is 13.1. The van der Waals surface area contributed by atoms with Crippen LogP contribution in [0.3, 0.4) is 0 Å². The van der Waals surface area contributed by atoms with Crippen molar-refractivity contribution in [3.63, 3.8) is 0 Å². The maximum Gasteiger partial charge on any atom is 0.123 e. The molecular weight excluding hydrogens is 229 g/mol. The summed E-state index contributed by atoms with van der Waals surface area (Å²) in [4.78, 5) is 0. The first-order chi connectivity index (χ1) is 7.19. The summed E-state index contributed by atoms with van der Waals surface area (Å²) in [6, 6.07) is 4.32. The first kappa shape index (κ1) is 15.2. The second-order valence-electron chi connectivity index (χ2n) is 3.63. The summed E-state index contributed by atoms with van der Waals surface area (Å²) in [7, 11) is 1.57. The molecule has 0 saturated carbocycles. The van der Waals surface area contributed by atoms with Gasteiger partial charge >= 0.3 is 0 Å². The molecule has 0 unspecified atom stereocenters. The number of hydrogen-bond donors (Lipinski definition) is 1. The van der Waals surface area contributed by atoms with Crippen LogP contribution in [0.5, 0.6) is 5.75 Å². The van der Waals surface area contributed by atoms with E-state index in [1.54, 1.807) is 13.2 Å². The van der Waals surface area contributed by atoms with Gasteiger partial charge in [-0.2, -0.15) is 0 Å². The highest BCUT2D eigenvalue weighted by atomic mass is 35.5. The molecular formula is C12H19ClFNO. The van der Waals surface area contributed by atoms with Crippen molar-refractivity contribution in [2.75, 3.05) is 7.11 Å². The van der Waals surface area contributed by atoms with Crippen LogP contribution < -0.4 is 10.5 Å². The summed E-state index contributed by atoms with van der Waals surface area (Å²) in [6.07, 6.45) is 2.99. The van der Waals surface area contributed by atoms with Gasteiger partial charge in [-0.15, -0.1) is 12.4 Å². The summed E-state index contributed by atoms with van der Waals surface area (Å²) in [6.45, 7) is 2.11. The standard InChI is InChI=1S/C12H18FNO.ClH/c1-3-4-5-11(14)10-8-9(13)6-7-12(10)15-2;/h6-8,11H,3-5,14H2,1-2H3;1H/t11-;/m0./s1. The molecule has 2 nitrogen and oxygen atoms in total. The van der Waals surface area contributed by atoms with Gasteiger partial charge in [0.15, 0.2) is 0 Å². The van der Waals surface area contributed by atoms with E-state index in [1.165, 1.54) is 12.1 Å². The van der Waals surface area contributed by atoms with E-state index in [0.29, 0.717) is 5.75 Å². The predicted octanol–water partition coefficient (Wildman–Crippen LogP) is 3.45. The van der Waals surface area contributed by atoms with E-state index < -0.39 is 0 Å². The van der Waals surface area contributed by atoms with Crippen molar-refractivity contribution in [1.82, 2.24) is 0 Å². The molecule has 2 N–H and O–H groups in total. The van der Waals surface area contributed by atoms with Crippen LogP contribution in [0, 0.1) is 5.82 Å². The molecule has 1 aromatic carbocycles. The number of benzene rings is 1. The van der Waals surface area contributed by atoms with E-state index in [-0.39, 0.29) is 24.3 Å². The minimum atomic E-state index is -0.266. The Labute approximate surface area is 102 Å². The average Bonchev–Trinajstić information content (AvgIpc) is 2.25. The predicted molar refractivity (Wildman–Crippen MR) is 66.7 cm³/mol. The van der Waals surface area contributed by atoms with Gasteiger partial charge in [-0.05, 0) is 24.6 Å². The molecule has 0 radical (unpaired) electrons. The maximum atomic E-state index is 13.1. The molecule has 0 spiro atoms. The Morgan fingerprint density at radius 1 is 1.44 bits per heavy atom. The summed E-state index contributed by atoms with van der Waals surface area (Å²) >= 11 is 0. The molecule has 1 atom stereocenters. The van der Waals surface area contributed by atoms with Gasteiger partial charge in [0.1, 0.15) is 11.6 Å². The molecule has 1 aromatic rings. The third-order valence-corrected chi connectivity index (χ3v) is 2.46. The molecule has 4 heteroatoms. The minimum absolute atomic E-state index is 0. The van der Waals surface area contributed by atoms with Gasteiger partial charge in [0.05, 0.1) is 7.11 Å². The minimum Gasteiger partial charge on any atom is -0.496 e. The first-order valence-corrected chi connectivity index (χ1v) is 5.28. The normalized spacial score (nSPS) is 11.8. The van der Waals surface area contributed by atoms with Crippen LogP contribution in [0.25, 0.3) is 0 Å². The van der Waals surface area contributed by atoms with E-state index in [4.69, 9.17) is 10.5 Å². The van der Waals surface area contributed by atoms with Crippen LogP contribution in [-0.4, -0.2) is 7.11 Å². The lowest BCUT2D eigenvalue weighted by Gasteiger charge is -2.15. The molecule has 0 aliphatic heterocycles. The van der Waals surface area contributed by atoms with E-state index in [2.05, 4.69) is 6.92 Å². The quantitative estimate of drug-likeness (QED) is 0.865. The fraction of sp³-hybridized carbons (Fsp3) is 0.500. The van der Waals surface area contributed by atoms with Gasteiger partial charge in [-0.3, -0.25) is 0 Å². The van der Waals surface area contributed by atoms with Crippen molar-refractivity contribution in [2.45, 2.75) is 32.2 Å². The Morgan fingerprint density at radius 3 is 2.69 bits per heavy atom. The Morgan fingerprint density at radius 2 is 2.12 bits per heavy atom. The van der Waals surface area contributed by atoms with Crippen molar-refractivity contribution >= 4 is 12.4 Å². The number of rotatable bonds is 5. The lowest BCUT2D eigenvalue weighted by molar-refractivity contribution is 0.402. The third-order valence-electron chi connectivity index (χ3n) is 2.46. The van der Waals surface area contributed by atoms with Gasteiger partial charge < -0.3 is 10.5 Å². The van der Waals surface area contributed by atoms with Crippen molar-refractivity contribution in [2.24, 2.45) is 5.73 Å². The second-order valence-corrected chi connectivity index (χ2v) is 3.63. The van der Waals surface area contributed by atoms with Crippen LogP contribution >= 0.6 is 12.4 Å². The second kappa shape index (κ2) is 7.47. The largest absolute Gasteiger partial charge is 0.496 e. The summed E-state index contributed by atoms with van der Waals surface area (Å²) in [5.74, 6) is 0.401. The Balaban J connectivity index is 0.00000225.